The minimum atomic E-state index is -3.66. The summed E-state index contributed by atoms with van der Waals surface area (Å²) in [4.78, 5) is 0.164. The number of rotatable bonds is 1. The van der Waals surface area contributed by atoms with Gasteiger partial charge in [0.05, 0.1) is 4.90 Å². The molecule has 0 spiro atoms. The van der Waals surface area contributed by atoms with Crippen LogP contribution < -0.4 is 0 Å². The molecular weight excluding hydrogens is 222 g/mol. The van der Waals surface area contributed by atoms with E-state index in [1.165, 1.54) is 6.07 Å². The molecule has 0 saturated carbocycles. The van der Waals surface area contributed by atoms with E-state index < -0.39 is 9.05 Å². The Morgan fingerprint density at radius 3 is 2.64 bits per heavy atom. The highest BCUT2D eigenvalue weighted by Crippen LogP contribution is 2.25. The second kappa shape index (κ2) is 3.00. The maximum absolute atomic E-state index is 11.2. The fraction of sp³-hybridized carbons (Fsp3) is 0.111. The van der Waals surface area contributed by atoms with Crippen LogP contribution in [0.15, 0.2) is 35.4 Å². The molecule has 74 valence electrons. The smallest absolute Gasteiger partial charge is 0.261 e. The van der Waals surface area contributed by atoms with Crippen LogP contribution in [0.1, 0.15) is 0 Å². The standard InChI is InChI=1S/C9H8ClNO2S/c1-11-6-5-7-8(11)3-2-4-9(7)14(10,12)13/h2-6H,1H3. The van der Waals surface area contributed by atoms with Gasteiger partial charge in [-0.1, -0.05) is 6.07 Å². The lowest BCUT2D eigenvalue weighted by Gasteiger charge is -1.99. The van der Waals surface area contributed by atoms with E-state index in [2.05, 4.69) is 0 Å². The van der Waals surface area contributed by atoms with Gasteiger partial charge in [-0.2, -0.15) is 0 Å². The van der Waals surface area contributed by atoms with E-state index in [0.29, 0.717) is 5.39 Å². The second-order valence-corrected chi connectivity index (χ2v) is 5.59. The van der Waals surface area contributed by atoms with E-state index in [4.69, 9.17) is 10.7 Å². The number of aryl methyl sites for hydroxylation is 1. The van der Waals surface area contributed by atoms with Gasteiger partial charge in [0.1, 0.15) is 0 Å². The van der Waals surface area contributed by atoms with Crippen molar-refractivity contribution in [2.45, 2.75) is 4.90 Å². The average molecular weight is 230 g/mol. The number of aromatic nitrogens is 1. The molecule has 0 radical (unpaired) electrons. The summed E-state index contributed by atoms with van der Waals surface area (Å²) >= 11 is 0. The number of benzene rings is 1. The van der Waals surface area contributed by atoms with E-state index in [9.17, 15) is 8.42 Å². The van der Waals surface area contributed by atoms with E-state index in [1.807, 2.05) is 17.7 Å². The van der Waals surface area contributed by atoms with Crippen LogP contribution in [0.3, 0.4) is 0 Å². The molecule has 1 aromatic heterocycles. The van der Waals surface area contributed by atoms with Gasteiger partial charge in [-0.05, 0) is 18.2 Å². The van der Waals surface area contributed by atoms with Gasteiger partial charge in [-0.25, -0.2) is 8.42 Å². The zero-order valence-electron chi connectivity index (χ0n) is 7.44. The van der Waals surface area contributed by atoms with Crippen molar-refractivity contribution in [2.75, 3.05) is 0 Å². The molecule has 0 aliphatic carbocycles. The predicted molar refractivity (Wildman–Crippen MR) is 56.0 cm³/mol. The highest BCUT2D eigenvalue weighted by atomic mass is 35.7. The monoisotopic (exact) mass is 229 g/mol. The van der Waals surface area contributed by atoms with E-state index in [1.54, 1.807) is 18.3 Å². The number of hydrogen-bond acceptors (Lipinski definition) is 2. The van der Waals surface area contributed by atoms with E-state index >= 15 is 0 Å². The molecule has 1 aromatic carbocycles. The van der Waals surface area contributed by atoms with Gasteiger partial charge < -0.3 is 4.57 Å². The third kappa shape index (κ3) is 1.40. The third-order valence-electron chi connectivity index (χ3n) is 2.15. The van der Waals surface area contributed by atoms with Crippen molar-refractivity contribution in [3.8, 4) is 0 Å². The first kappa shape index (κ1) is 9.55. The van der Waals surface area contributed by atoms with Crippen LogP contribution in [-0.2, 0) is 16.1 Å². The molecule has 0 aliphatic rings. The minimum absolute atomic E-state index is 0.164. The Labute approximate surface area is 86.3 Å². The topological polar surface area (TPSA) is 39.1 Å². The molecule has 1 heterocycles. The van der Waals surface area contributed by atoms with Crippen LogP contribution in [0.4, 0.5) is 0 Å². The first-order valence-corrected chi connectivity index (χ1v) is 6.30. The summed E-state index contributed by atoms with van der Waals surface area (Å²) in [6, 6.07) is 6.77. The van der Waals surface area contributed by atoms with Crippen molar-refractivity contribution in [3.05, 3.63) is 30.5 Å². The molecule has 0 amide bonds. The summed E-state index contributed by atoms with van der Waals surface area (Å²) in [5.74, 6) is 0. The van der Waals surface area contributed by atoms with Gasteiger partial charge in [-0.3, -0.25) is 0 Å². The molecule has 2 aromatic rings. The molecule has 0 fully saturated rings. The van der Waals surface area contributed by atoms with Crippen LogP contribution in [0.2, 0.25) is 0 Å². The molecule has 3 nitrogen and oxygen atoms in total. The van der Waals surface area contributed by atoms with Crippen LogP contribution in [-0.4, -0.2) is 13.0 Å². The number of halogens is 1. The molecule has 0 aliphatic heterocycles. The third-order valence-corrected chi connectivity index (χ3v) is 3.53. The highest BCUT2D eigenvalue weighted by molar-refractivity contribution is 8.14. The first-order valence-electron chi connectivity index (χ1n) is 3.99. The molecule has 5 heteroatoms. The van der Waals surface area contributed by atoms with Gasteiger partial charge >= 0.3 is 0 Å². The number of nitrogens with zero attached hydrogens (tertiary/aromatic N) is 1. The van der Waals surface area contributed by atoms with Gasteiger partial charge in [0, 0.05) is 34.8 Å². The Balaban J connectivity index is 2.92. The van der Waals surface area contributed by atoms with E-state index in [0.717, 1.165) is 5.52 Å². The zero-order valence-corrected chi connectivity index (χ0v) is 9.01. The lowest BCUT2D eigenvalue weighted by Crippen LogP contribution is -1.91. The number of hydrogen-bond donors (Lipinski definition) is 0. The minimum Gasteiger partial charge on any atom is -0.351 e. The van der Waals surface area contributed by atoms with Crippen molar-refractivity contribution >= 4 is 30.6 Å². The molecule has 0 unspecified atom stereocenters. The SMILES string of the molecule is Cn1ccc2c(S(=O)(=O)Cl)cccc21. The normalized spacial score (nSPS) is 12.1. The maximum Gasteiger partial charge on any atom is 0.261 e. The van der Waals surface area contributed by atoms with E-state index in [-0.39, 0.29) is 4.90 Å². The molecule has 14 heavy (non-hydrogen) atoms. The highest BCUT2D eigenvalue weighted by Gasteiger charge is 2.14. The molecular formula is C9H8ClNO2S. The summed E-state index contributed by atoms with van der Waals surface area (Å²) in [6.45, 7) is 0. The van der Waals surface area contributed by atoms with Crippen molar-refractivity contribution < 1.29 is 8.42 Å². The largest absolute Gasteiger partial charge is 0.351 e. The second-order valence-electron chi connectivity index (χ2n) is 3.05. The Hall–Kier alpha value is -1.00. The molecule has 2 rings (SSSR count). The Morgan fingerprint density at radius 1 is 1.29 bits per heavy atom. The molecule has 0 saturated heterocycles. The summed E-state index contributed by atoms with van der Waals surface area (Å²) in [6.07, 6.45) is 1.80. The Morgan fingerprint density at radius 2 is 2.00 bits per heavy atom. The summed E-state index contributed by atoms with van der Waals surface area (Å²) in [5, 5.41) is 0.657. The van der Waals surface area contributed by atoms with Gasteiger partial charge in [0.2, 0.25) is 0 Å². The summed E-state index contributed by atoms with van der Waals surface area (Å²) in [5.41, 5.74) is 0.853. The Bertz CT molecular complexity index is 586. The first-order chi connectivity index (χ1) is 6.50. The van der Waals surface area contributed by atoms with Crippen molar-refractivity contribution in [1.29, 1.82) is 0 Å². The average Bonchev–Trinajstić information content (AvgIpc) is 2.46. The molecule has 0 atom stereocenters. The van der Waals surface area contributed by atoms with Crippen molar-refractivity contribution in [3.63, 3.8) is 0 Å². The quantitative estimate of drug-likeness (QED) is 0.703. The summed E-state index contributed by atoms with van der Waals surface area (Å²) in [7, 11) is 3.51. The molecule has 0 N–H and O–H groups in total. The predicted octanol–water partition coefficient (Wildman–Crippen LogP) is 2.11. The number of fused-ring (bicyclic) bond motifs is 1. The fourth-order valence-electron chi connectivity index (χ4n) is 1.49. The molecule has 0 bridgehead atoms. The van der Waals surface area contributed by atoms with Crippen LogP contribution in [0.5, 0.6) is 0 Å². The van der Waals surface area contributed by atoms with Crippen LogP contribution >= 0.6 is 10.7 Å². The van der Waals surface area contributed by atoms with Crippen molar-refractivity contribution in [2.24, 2.45) is 7.05 Å². The zero-order chi connectivity index (χ0) is 10.3. The maximum atomic E-state index is 11.2. The van der Waals surface area contributed by atoms with Crippen LogP contribution in [0, 0.1) is 0 Å². The fourth-order valence-corrected chi connectivity index (χ4v) is 2.57. The Kier molecular flexibility index (Phi) is 2.05. The summed E-state index contributed by atoms with van der Waals surface area (Å²) < 4.78 is 24.3. The van der Waals surface area contributed by atoms with Crippen molar-refractivity contribution in [1.82, 2.24) is 4.57 Å². The van der Waals surface area contributed by atoms with Gasteiger partial charge in [0.25, 0.3) is 9.05 Å². The lowest BCUT2D eigenvalue weighted by atomic mass is 10.2. The van der Waals surface area contributed by atoms with Crippen LogP contribution in [0.25, 0.3) is 10.9 Å². The lowest BCUT2D eigenvalue weighted by molar-refractivity contribution is 0.610. The van der Waals surface area contributed by atoms with Gasteiger partial charge in [0.15, 0.2) is 0 Å². The van der Waals surface area contributed by atoms with Gasteiger partial charge in [-0.15, -0.1) is 0 Å².